The Labute approximate surface area is 97.2 Å². The molecule has 0 fully saturated rings. The van der Waals surface area contributed by atoms with Gasteiger partial charge in [0.05, 0.1) is 31.8 Å². The van der Waals surface area contributed by atoms with Gasteiger partial charge in [0.15, 0.2) is 0 Å². The molecular formula is C10H22ClNO3. The minimum atomic E-state index is 0.0944. The third-order valence-electron chi connectivity index (χ3n) is 1.84. The monoisotopic (exact) mass is 239 g/mol. The summed E-state index contributed by atoms with van der Waals surface area (Å²) >= 11 is 5.95. The lowest BCUT2D eigenvalue weighted by molar-refractivity contribution is 0.0720. The molecule has 1 atom stereocenters. The molecule has 0 aliphatic carbocycles. The fourth-order valence-corrected chi connectivity index (χ4v) is 1.27. The normalized spacial score (nSPS) is 13.0. The predicted octanol–water partition coefficient (Wildman–Crippen LogP) is 0.883. The van der Waals surface area contributed by atoms with Crippen molar-refractivity contribution in [3.63, 3.8) is 0 Å². The van der Waals surface area contributed by atoms with E-state index >= 15 is 0 Å². The molecule has 0 saturated carbocycles. The Hall–Kier alpha value is 0.130. The van der Waals surface area contributed by atoms with Gasteiger partial charge in [-0.25, -0.2) is 0 Å². The highest BCUT2D eigenvalue weighted by atomic mass is 35.5. The SMILES string of the molecule is COCCOCCNCCC(Cl)COC. The minimum absolute atomic E-state index is 0.0944. The number of rotatable bonds is 11. The van der Waals surface area contributed by atoms with Crippen LogP contribution < -0.4 is 5.32 Å². The zero-order valence-corrected chi connectivity index (χ0v) is 10.4. The van der Waals surface area contributed by atoms with E-state index in [9.17, 15) is 0 Å². The molecule has 15 heavy (non-hydrogen) atoms. The largest absolute Gasteiger partial charge is 0.383 e. The molecular weight excluding hydrogens is 218 g/mol. The smallest absolute Gasteiger partial charge is 0.0700 e. The van der Waals surface area contributed by atoms with E-state index < -0.39 is 0 Å². The van der Waals surface area contributed by atoms with Gasteiger partial charge in [-0.3, -0.25) is 0 Å². The second kappa shape index (κ2) is 12.2. The molecule has 5 heteroatoms. The molecule has 4 nitrogen and oxygen atoms in total. The number of hydrogen-bond acceptors (Lipinski definition) is 4. The highest BCUT2D eigenvalue weighted by Crippen LogP contribution is 2.00. The summed E-state index contributed by atoms with van der Waals surface area (Å²) in [6.45, 7) is 4.36. The topological polar surface area (TPSA) is 39.7 Å². The molecule has 0 bridgehead atoms. The Balaban J connectivity index is 2.98. The fraction of sp³-hybridized carbons (Fsp3) is 1.00. The molecule has 0 aliphatic heterocycles. The maximum atomic E-state index is 5.95. The van der Waals surface area contributed by atoms with Crippen molar-refractivity contribution >= 4 is 11.6 Å². The van der Waals surface area contributed by atoms with Gasteiger partial charge in [-0.15, -0.1) is 11.6 Å². The third-order valence-corrected chi connectivity index (χ3v) is 2.18. The zero-order valence-electron chi connectivity index (χ0n) is 9.63. The van der Waals surface area contributed by atoms with Crippen LogP contribution in [-0.4, -0.2) is 59.1 Å². The first kappa shape index (κ1) is 15.1. The summed E-state index contributed by atoms with van der Waals surface area (Å²) in [7, 11) is 3.32. The van der Waals surface area contributed by atoms with Crippen molar-refractivity contribution in [2.24, 2.45) is 0 Å². The average Bonchev–Trinajstić information content (AvgIpc) is 2.22. The van der Waals surface area contributed by atoms with Crippen LogP contribution in [0, 0.1) is 0 Å². The Morgan fingerprint density at radius 3 is 2.53 bits per heavy atom. The number of hydrogen-bond donors (Lipinski definition) is 1. The molecule has 0 aromatic heterocycles. The molecule has 92 valence electrons. The van der Waals surface area contributed by atoms with E-state index in [1.54, 1.807) is 14.2 Å². The van der Waals surface area contributed by atoms with Crippen LogP contribution in [0.25, 0.3) is 0 Å². The summed E-state index contributed by atoms with van der Waals surface area (Å²) in [6.07, 6.45) is 0.910. The molecule has 0 amide bonds. The maximum absolute atomic E-state index is 5.95. The molecule has 0 rings (SSSR count). The summed E-state index contributed by atoms with van der Waals surface area (Å²) < 4.78 is 15.1. The van der Waals surface area contributed by atoms with Gasteiger partial charge >= 0.3 is 0 Å². The van der Waals surface area contributed by atoms with Crippen LogP contribution >= 0.6 is 11.6 Å². The summed E-state index contributed by atoms with van der Waals surface area (Å²) in [4.78, 5) is 0. The van der Waals surface area contributed by atoms with Crippen LogP contribution in [0.3, 0.4) is 0 Å². The number of methoxy groups -OCH3 is 2. The van der Waals surface area contributed by atoms with Gasteiger partial charge in [-0.1, -0.05) is 0 Å². The van der Waals surface area contributed by atoms with Crippen LogP contribution in [0.15, 0.2) is 0 Å². The second-order valence-electron chi connectivity index (χ2n) is 3.20. The molecule has 0 saturated heterocycles. The highest BCUT2D eigenvalue weighted by molar-refractivity contribution is 6.20. The van der Waals surface area contributed by atoms with E-state index in [0.29, 0.717) is 26.4 Å². The highest BCUT2D eigenvalue weighted by Gasteiger charge is 2.02. The van der Waals surface area contributed by atoms with E-state index in [1.807, 2.05) is 0 Å². The van der Waals surface area contributed by atoms with Gasteiger partial charge in [0, 0.05) is 20.8 Å². The van der Waals surface area contributed by atoms with Gasteiger partial charge in [0.1, 0.15) is 0 Å². The summed E-state index contributed by atoms with van der Waals surface area (Å²) in [6, 6.07) is 0. The van der Waals surface area contributed by atoms with Gasteiger partial charge in [0.25, 0.3) is 0 Å². The Morgan fingerprint density at radius 1 is 1.07 bits per heavy atom. The Bertz CT molecular complexity index is 127. The maximum Gasteiger partial charge on any atom is 0.0700 e. The summed E-state index contributed by atoms with van der Waals surface area (Å²) in [5, 5.41) is 3.34. The summed E-state index contributed by atoms with van der Waals surface area (Å²) in [5.74, 6) is 0. The molecule has 0 radical (unpaired) electrons. The van der Waals surface area contributed by atoms with Crippen molar-refractivity contribution in [1.29, 1.82) is 0 Å². The van der Waals surface area contributed by atoms with E-state index in [1.165, 1.54) is 0 Å². The van der Waals surface area contributed by atoms with Crippen molar-refractivity contribution in [1.82, 2.24) is 5.32 Å². The van der Waals surface area contributed by atoms with Crippen LogP contribution in [0.4, 0.5) is 0 Å². The molecule has 0 spiro atoms. The lowest BCUT2D eigenvalue weighted by Crippen LogP contribution is -2.24. The van der Waals surface area contributed by atoms with Crippen LogP contribution in [0.1, 0.15) is 6.42 Å². The number of ether oxygens (including phenoxy) is 3. The molecule has 1 unspecified atom stereocenters. The van der Waals surface area contributed by atoms with Gasteiger partial charge < -0.3 is 19.5 Å². The van der Waals surface area contributed by atoms with E-state index in [-0.39, 0.29) is 5.38 Å². The molecule has 1 N–H and O–H groups in total. The molecule has 0 aromatic carbocycles. The van der Waals surface area contributed by atoms with Crippen molar-refractivity contribution in [2.45, 2.75) is 11.8 Å². The van der Waals surface area contributed by atoms with E-state index in [4.69, 9.17) is 25.8 Å². The Morgan fingerprint density at radius 2 is 1.87 bits per heavy atom. The minimum Gasteiger partial charge on any atom is -0.383 e. The van der Waals surface area contributed by atoms with Crippen LogP contribution in [0.5, 0.6) is 0 Å². The van der Waals surface area contributed by atoms with Gasteiger partial charge in [-0.05, 0) is 13.0 Å². The first-order chi connectivity index (χ1) is 7.31. The number of alkyl halides is 1. The van der Waals surface area contributed by atoms with Crippen LogP contribution in [-0.2, 0) is 14.2 Å². The van der Waals surface area contributed by atoms with Crippen molar-refractivity contribution < 1.29 is 14.2 Å². The standard InChI is InChI=1S/C10H22ClNO3/c1-13-7-8-15-6-5-12-4-3-10(11)9-14-2/h10,12H,3-9H2,1-2H3. The zero-order chi connectivity index (χ0) is 11.4. The molecule has 0 aromatic rings. The molecule has 0 aliphatic rings. The number of nitrogens with one attached hydrogen (secondary N) is 1. The van der Waals surface area contributed by atoms with Gasteiger partial charge in [-0.2, -0.15) is 0 Å². The third kappa shape index (κ3) is 12.1. The van der Waals surface area contributed by atoms with E-state index in [2.05, 4.69) is 5.32 Å². The predicted molar refractivity (Wildman–Crippen MR) is 61.7 cm³/mol. The molecule has 0 heterocycles. The lowest BCUT2D eigenvalue weighted by atomic mass is 10.3. The summed E-state index contributed by atoms with van der Waals surface area (Å²) in [5.41, 5.74) is 0. The second-order valence-corrected chi connectivity index (χ2v) is 3.81. The lowest BCUT2D eigenvalue weighted by Gasteiger charge is -2.09. The fourth-order valence-electron chi connectivity index (χ4n) is 1.04. The quantitative estimate of drug-likeness (QED) is 0.429. The number of halogens is 1. The van der Waals surface area contributed by atoms with Crippen LogP contribution in [0.2, 0.25) is 0 Å². The Kier molecular flexibility index (Phi) is 12.3. The first-order valence-electron chi connectivity index (χ1n) is 5.21. The average molecular weight is 240 g/mol. The van der Waals surface area contributed by atoms with Crippen molar-refractivity contribution in [2.75, 3.05) is 53.7 Å². The first-order valence-corrected chi connectivity index (χ1v) is 5.65. The van der Waals surface area contributed by atoms with E-state index in [0.717, 1.165) is 19.5 Å². The van der Waals surface area contributed by atoms with Crippen molar-refractivity contribution in [3.8, 4) is 0 Å². The van der Waals surface area contributed by atoms with Crippen molar-refractivity contribution in [3.05, 3.63) is 0 Å². The van der Waals surface area contributed by atoms with Gasteiger partial charge in [0.2, 0.25) is 0 Å².